The lowest BCUT2D eigenvalue weighted by atomic mass is 10.0. The summed E-state index contributed by atoms with van der Waals surface area (Å²) in [4.78, 5) is 2.87. The van der Waals surface area contributed by atoms with Crippen LogP contribution >= 0.6 is 0 Å². The van der Waals surface area contributed by atoms with E-state index in [9.17, 15) is 0 Å². The fourth-order valence-electron chi connectivity index (χ4n) is 7.43. The van der Waals surface area contributed by atoms with Crippen LogP contribution in [-0.2, 0) is 0 Å². The summed E-state index contributed by atoms with van der Waals surface area (Å²) >= 11 is 0. The van der Waals surface area contributed by atoms with Crippen molar-refractivity contribution >= 4 is 0 Å². The number of nitrogens with zero attached hydrogens (tertiary/aromatic N) is 2. The van der Waals surface area contributed by atoms with Gasteiger partial charge in [-0.3, -0.25) is 4.90 Å². The van der Waals surface area contributed by atoms with Crippen LogP contribution in [0.15, 0.2) is 0 Å². The molecule has 0 spiro atoms. The normalized spacial score (nSPS) is 12.6. The number of quaternary nitrogens is 1. The summed E-state index contributed by atoms with van der Waals surface area (Å²) in [6, 6.07) is 0. The van der Waals surface area contributed by atoms with E-state index in [-0.39, 0.29) is 17.0 Å². The zero-order chi connectivity index (χ0) is 32.4. The minimum absolute atomic E-state index is 0. The molecule has 0 fully saturated rings. The zero-order valence-corrected chi connectivity index (χ0v) is 34.2. The van der Waals surface area contributed by atoms with Crippen molar-refractivity contribution in [2.24, 2.45) is 0 Å². The van der Waals surface area contributed by atoms with Crippen LogP contribution in [0.3, 0.4) is 0 Å². The molecule has 2 nitrogen and oxygen atoms in total. The van der Waals surface area contributed by atoms with Gasteiger partial charge in [-0.1, -0.05) is 213 Å². The first kappa shape index (κ1) is 47.5. The predicted octanol–water partition coefficient (Wildman–Crippen LogP) is 11.3. The van der Waals surface area contributed by atoms with Gasteiger partial charge in [0.1, 0.15) is 6.17 Å². The number of rotatable bonds is 37. The Kier molecular flexibility index (Phi) is 39.3. The third kappa shape index (κ3) is 34.1. The van der Waals surface area contributed by atoms with Crippen LogP contribution in [0, 0.1) is 0 Å². The Bertz CT molecular complexity index is 495. The predicted molar refractivity (Wildman–Crippen MR) is 203 cm³/mol. The molecule has 0 aliphatic carbocycles. The maximum Gasteiger partial charge on any atom is 0.144 e. The lowest BCUT2D eigenvalue weighted by Crippen LogP contribution is -3.00. The van der Waals surface area contributed by atoms with Crippen molar-refractivity contribution in [3.63, 3.8) is 0 Å². The molecule has 0 aromatic heterocycles. The highest BCUT2D eigenvalue weighted by molar-refractivity contribution is 4.64. The third-order valence-electron chi connectivity index (χ3n) is 10.3. The maximum absolute atomic E-state index is 2.87. The Morgan fingerprint density at radius 3 is 0.711 bits per heavy atom. The molecule has 1 atom stereocenters. The van der Waals surface area contributed by atoms with Gasteiger partial charge in [0.05, 0.1) is 21.1 Å². The fraction of sp³-hybridized carbons (Fsp3) is 1.00. The Labute approximate surface area is 298 Å². The number of unbranched alkanes of at least 4 members (excludes halogenated alkanes) is 30. The van der Waals surface area contributed by atoms with Crippen LogP contribution in [0.4, 0.5) is 0 Å². The van der Waals surface area contributed by atoms with Crippen molar-refractivity contribution in [2.75, 3.05) is 34.2 Å². The summed E-state index contributed by atoms with van der Waals surface area (Å²) in [5.41, 5.74) is 0. The molecular formula is C42H89BrN2. The van der Waals surface area contributed by atoms with Crippen molar-refractivity contribution in [3.05, 3.63) is 0 Å². The smallest absolute Gasteiger partial charge is 0.144 e. The molecular weight excluding hydrogens is 612 g/mol. The lowest BCUT2D eigenvalue weighted by Gasteiger charge is -2.41. The van der Waals surface area contributed by atoms with E-state index >= 15 is 0 Å². The average Bonchev–Trinajstić information content (AvgIpc) is 2.99. The van der Waals surface area contributed by atoms with Crippen LogP contribution in [0.1, 0.15) is 233 Å². The molecule has 0 saturated carbocycles. The molecule has 274 valence electrons. The van der Waals surface area contributed by atoms with E-state index < -0.39 is 0 Å². The van der Waals surface area contributed by atoms with Crippen molar-refractivity contribution in [3.8, 4) is 0 Å². The minimum atomic E-state index is 0. The van der Waals surface area contributed by atoms with E-state index in [0.717, 1.165) is 4.48 Å². The molecule has 0 bridgehead atoms. The van der Waals surface area contributed by atoms with Gasteiger partial charge in [0.2, 0.25) is 0 Å². The molecule has 0 radical (unpaired) electrons. The molecule has 1 unspecified atom stereocenters. The van der Waals surface area contributed by atoms with Gasteiger partial charge < -0.3 is 21.5 Å². The summed E-state index contributed by atoms with van der Waals surface area (Å²) in [6.45, 7) is 9.65. The molecule has 0 rings (SSSR count). The highest BCUT2D eigenvalue weighted by atomic mass is 79.9. The van der Waals surface area contributed by atoms with Gasteiger partial charge in [0, 0.05) is 19.5 Å². The van der Waals surface area contributed by atoms with Gasteiger partial charge in [0.15, 0.2) is 0 Å². The molecule has 0 aromatic carbocycles. The first-order valence-electron chi connectivity index (χ1n) is 21.0. The van der Waals surface area contributed by atoms with Crippen molar-refractivity contribution in [2.45, 2.75) is 239 Å². The Morgan fingerprint density at radius 2 is 0.533 bits per heavy atom. The Balaban J connectivity index is 0. The molecule has 0 aliphatic heterocycles. The second kappa shape index (κ2) is 37.2. The van der Waals surface area contributed by atoms with Gasteiger partial charge >= 0.3 is 0 Å². The second-order valence-corrected chi connectivity index (χ2v) is 15.6. The van der Waals surface area contributed by atoms with Crippen LogP contribution in [0.5, 0.6) is 0 Å². The van der Waals surface area contributed by atoms with Gasteiger partial charge in [0.25, 0.3) is 0 Å². The molecule has 0 aromatic rings. The molecule has 0 N–H and O–H groups in total. The van der Waals surface area contributed by atoms with E-state index in [1.54, 1.807) is 0 Å². The summed E-state index contributed by atoms with van der Waals surface area (Å²) in [6.07, 6.45) is 48.5. The fourth-order valence-corrected chi connectivity index (χ4v) is 7.43. The quantitative estimate of drug-likeness (QED) is 0.0354. The molecule has 3 heteroatoms. The van der Waals surface area contributed by atoms with Gasteiger partial charge in [-0.05, 0) is 12.8 Å². The first-order valence-corrected chi connectivity index (χ1v) is 21.0. The topological polar surface area (TPSA) is 3.24 Å². The van der Waals surface area contributed by atoms with Gasteiger partial charge in [-0.2, -0.15) is 0 Å². The van der Waals surface area contributed by atoms with Crippen molar-refractivity contribution in [1.82, 2.24) is 4.90 Å². The Morgan fingerprint density at radius 1 is 0.333 bits per heavy atom. The summed E-state index contributed by atoms with van der Waals surface area (Å²) in [7, 11) is 7.22. The highest BCUT2D eigenvalue weighted by Gasteiger charge is 2.28. The summed E-state index contributed by atoms with van der Waals surface area (Å²) < 4.78 is 1.08. The zero-order valence-electron chi connectivity index (χ0n) is 32.6. The van der Waals surface area contributed by atoms with Gasteiger partial charge in [-0.25, -0.2) is 0 Å². The van der Waals surface area contributed by atoms with Crippen LogP contribution in [0.25, 0.3) is 0 Å². The summed E-state index contributed by atoms with van der Waals surface area (Å²) in [5, 5.41) is 0. The number of hydrogen-bond acceptors (Lipinski definition) is 1. The lowest BCUT2D eigenvalue weighted by molar-refractivity contribution is -0.908. The number of hydrogen-bond donors (Lipinski definition) is 0. The standard InChI is InChI=1S/C42H89N2.BrH/c1-7-10-12-14-16-18-20-22-24-26-28-30-32-34-36-38-40-43(42(9-3)44(4,5)6)41-39-37-35-33-31-29-27-25-23-21-19-17-15-13-11-8-2;/h42H,7-41H2,1-6H3;1H/q+1;/p-1. The maximum atomic E-state index is 2.87. The molecule has 0 saturated heterocycles. The van der Waals surface area contributed by atoms with Crippen molar-refractivity contribution < 1.29 is 21.5 Å². The number of halogens is 1. The molecule has 0 aliphatic rings. The first-order chi connectivity index (χ1) is 21.5. The van der Waals surface area contributed by atoms with Gasteiger partial charge in [-0.15, -0.1) is 0 Å². The van der Waals surface area contributed by atoms with Crippen LogP contribution in [0.2, 0.25) is 0 Å². The van der Waals surface area contributed by atoms with E-state index in [2.05, 4.69) is 46.8 Å². The largest absolute Gasteiger partial charge is 1.00 e. The van der Waals surface area contributed by atoms with E-state index in [0.29, 0.717) is 6.17 Å². The summed E-state index contributed by atoms with van der Waals surface area (Å²) in [5.74, 6) is 0. The van der Waals surface area contributed by atoms with Crippen molar-refractivity contribution in [1.29, 1.82) is 0 Å². The van der Waals surface area contributed by atoms with E-state index in [4.69, 9.17) is 0 Å². The van der Waals surface area contributed by atoms with E-state index in [1.807, 2.05) is 0 Å². The minimum Gasteiger partial charge on any atom is -1.00 e. The van der Waals surface area contributed by atoms with Crippen LogP contribution < -0.4 is 17.0 Å². The molecule has 45 heavy (non-hydrogen) atoms. The highest BCUT2D eigenvalue weighted by Crippen LogP contribution is 2.19. The second-order valence-electron chi connectivity index (χ2n) is 15.6. The SMILES string of the molecule is CCCCCCCCCCCCCCCCCCN(CCCCCCCCCCCCCCCCCC)C(CC)[N+](C)(C)C.[Br-]. The van der Waals surface area contributed by atoms with E-state index in [1.165, 1.54) is 225 Å². The monoisotopic (exact) mass is 701 g/mol. The molecule has 0 amide bonds. The average molecular weight is 702 g/mol. The molecule has 0 heterocycles. The van der Waals surface area contributed by atoms with Crippen LogP contribution in [-0.4, -0.2) is 49.8 Å². The Hall–Kier alpha value is 0.400. The third-order valence-corrected chi connectivity index (χ3v) is 10.3.